The lowest BCUT2D eigenvalue weighted by Gasteiger charge is -2.13. The van der Waals surface area contributed by atoms with Gasteiger partial charge in [-0.2, -0.15) is 0 Å². The number of halogens is 1. The Balaban J connectivity index is 1.68. The molecule has 21 heavy (non-hydrogen) atoms. The minimum absolute atomic E-state index is 0.506. The van der Waals surface area contributed by atoms with Crippen molar-refractivity contribution in [3.05, 3.63) is 64.2 Å². The van der Waals surface area contributed by atoms with Crippen molar-refractivity contribution < 1.29 is 4.74 Å². The lowest BCUT2D eigenvalue weighted by Crippen LogP contribution is -2.18. The molecule has 0 aliphatic heterocycles. The van der Waals surface area contributed by atoms with Gasteiger partial charge in [0.1, 0.15) is 12.4 Å². The molecule has 1 atom stereocenters. The molecule has 0 heterocycles. The topological polar surface area (TPSA) is 21.3 Å². The monoisotopic (exact) mass is 301 g/mol. The largest absolute Gasteiger partial charge is 0.489 e. The SMILES string of the molecule is CCNC1CCc2cc(OCc3cccc(Cl)c3)ccc21. The molecule has 0 amide bonds. The molecule has 0 radical (unpaired) electrons. The third kappa shape index (κ3) is 3.39. The summed E-state index contributed by atoms with van der Waals surface area (Å²) in [7, 11) is 0. The van der Waals surface area contributed by atoms with E-state index in [4.69, 9.17) is 16.3 Å². The van der Waals surface area contributed by atoms with Crippen molar-refractivity contribution in [3.8, 4) is 5.75 Å². The second-order valence-corrected chi connectivity index (χ2v) is 5.86. The van der Waals surface area contributed by atoms with Gasteiger partial charge in [0.2, 0.25) is 0 Å². The Labute approximate surface area is 131 Å². The normalized spacial score (nSPS) is 16.8. The molecule has 0 fully saturated rings. The van der Waals surface area contributed by atoms with E-state index in [1.807, 2.05) is 24.3 Å². The van der Waals surface area contributed by atoms with Crippen molar-refractivity contribution in [3.63, 3.8) is 0 Å². The molecule has 0 bridgehead atoms. The predicted octanol–water partition coefficient (Wildman–Crippen LogP) is 4.52. The second-order valence-electron chi connectivity index (χ2n) is 5.43. The highest BCUT2D eigenvalue weighted by Gasteiger charge is 2.21. The Morgan fingerprint density at radius 1 is 1.24 bits per heavy atom. The smallest absolute Gasteiger partial charge is 0.120 e. The fourth-order valence-electron chi connectivity index (χ4n) is 2.94. The summed E-state index contributed by atoms with van der Waals surface area (Å²) in [6.07, 6.45) is 2.31. The number of nitrogens with one attached hydrogen (secondary N) is 1. The Kier molecular flexibility index (Phi) is 4.47. The van der Waals surface area contributed by atoms with E-state index in [9.17, 15) is 0 Å². The first-order valence-electron chi connectivity index (χ1n) is 7.49. The molecule has 1 aliphatic rings. The molecule has 2 aromatic carbocycles. The second kappa shape index (κ2) is 6.50. The maximum Gasteiger partial charge on any atom is 0.120 e. The van der Waals surface area contributed by atoms with E-state index in [-0.39, 0.29) is 0 Å². The van der Waals surface area contributed by atoms with Crippen LogP contribution in [0.25, 0.3) is 0 Å². The van der Waals surface area contributed by atoms with Gasteiger partial charge in [-0.3, -0.25) is 0 Å². The van der Waals surface area contributed by atoms with Gasteiger partial charge >= 0.3 is 0 Å². The van der Waals surface area contributed by atoms with Crippen LogP contribution in [-0.4, -0.2) is 6.54 Å². The van der Waals surface area contributed by atoms with Gasteiger partial charge in [-0.05, 0) is 60.3 Å². The van der Waals surface area contributed by atoms with E-state index < -0.39 is 0 Å². The fraction of sp³-hybridized carbons (Fsp3) is 0.333. The molecular weight excluding hydrogens is 282 g/mol. The van der Waals surface area contributed by atoms with Crippen LogP contribution >= 0.6 is 11.6 Å². The van der Waals surface area contributed by atoms with Gasteiger partial charge < -0.3 is 10.1 Å². The van der Waals surface area contributed by atoms with Crippen LogP contribution in [0.15, 0.2) is 42.5 Å². The summed E-state index contributed by atoms with van der Waals surface area (Å²) in [5, 5.41) is 4.28. The van der Waals surface area contributed by atoms with Crippen LogP contribution in [0.1, 0.15) is 36.1 Å². The summed E-state index contributed by atoms with van der Waals surface area (Å²) in [5.41, 5.74) is 3.92. The van der Waals surface area contributed by atoms with E-state index in [0.29, 0.717) is 12.6 Å². The summed E-state index contributed by atoms with van der Waals surface area (Å²) < 4.78 is 5.89. The number of hydrogen-bond acceptors (Lipinski definition) is 2. The number of aryl methyl sites for hydroxylation is 1. The van der Waals surface area contributed by atoms with Crippen molar-refractivity contribution in [1.29, 1.82) is 0 Å². The molecule has 0 spiro atoms. The molecule has 1 N–H and O–H groups in total. The van der Waals surface area contributed by atoms with Crippen LogP contribution in [0.5, 0.6) is 5.75 Å². The molecule has 1 aliphatic carbocycles. The maximum atomic E-state index is 5.99. The van der Waals surface area contributed by atoms with Crippen LogP contribution in [0.4, 0.5) is 0 Å². The van der Waals surface area contributed by atoms with Crippen molar-refractivity contribution in [1.82, 2.24) is 5.32 Å². The van der Waals surface area contributed by atoms with Crippen LogP contribution in [0.3, 0.4) is 0 Å². The summed E-state index contributed by atoms with van der Waals surface area (Å²) in [6.45, 7) is 3.72. The summed E-state index contributed by atoms with van der Waals surface area (Å²) >= 11 is 5.99. The first kappa shape index (κ1) is 14.4. The highest BCUT2D eigenvalue weighted by molar-refractivity contribution is 6.30. The van der Waals surface area contributed by atoms with E-state index in [1.165, 1.54) is 17.5 Å². The molecule has 3 heteroatoms. The minimum atomic E-state index is 0.506. The van der Waals surface area contributed by atoms with Crippen molar-refractivity contribution in [2.45, 2.75) is 32.4 Å². The Morgan fingerprint density at radius 3 is 2.95 bits per heavy atom. The van der Waals surface area contributed by atoms with Crippen LogP contribution < -0.4 is 10.1 Å². The maximum absolute atomic E-state index is 5.99. The van der Waals surface area contributed by atoms with Gasteiger partial charge in [-0.15, -0.1) is 0 Å². The lowest BCUT2D eigenvalue weighted by molar-refractivity contribution is 0.306. The van der Waals surface area contributed by atoms with Gasteiger partial charge in [0.25, 0.3) is 0 Å². The van der Waals surface area contributed by atoms with Gasteiger partial charge in [0.05, 0.1) is 0 Å². The van der Waals surface area contributed by atoms with Crippen molar-refractivity contribution in [2.75, 3.05) is 6.54 Å². The molecule has 1 unspecified atom stereocenters. The first-order valence-corrected chi connectivity index (χ1v) is 7.87. The highest BCUT2D eigenvalue weighted by Crippen LogP contribution is 2.33. The van der Waals surface area contributed by atoms with E-state index >= 15 is 0 Å². The Morgan fingerprint density at radius 2 is 2.14 bits per heavy atom. The zero-order valence-electron chi connectivity index (χ0n) is 12.2. The summed E-state index contributed by atoms with van der Waals surface area (Å²) in [6, 6.07) is 14.7. The zero-order valence-corrected chi connectivity index (χ0v) is 13.0. The standard InChI is InChI=1S/C18H20ClNO/c1-2-20-18-9-6-14-11-16(7-8-17(14)18)21-12-13-4-3-5-15(19)10-13/h3-5,7-8,10-11,18,20H,2,6,9,12H2,1H3. The van der Waals surface area contributed by atoms with Crippen molar-refractivity contribution in [2.24, 2.45) is 0 Å². The van der Waals surface area contributed by atoms with E-state index in [1.54, 1.807) is 0 Å². The number of fused-ring (bicyclic) bond motifs is 1. The summed E-state index contributed by atoms with van der Waals surface area (Å²) in [5.74, 6) is 0.936. The molecule has 3 rings (SSSR count). The zero-order chi connectivity index (χ0) is 14.7. The third-order valence-electron chi connectivity index (χ3n) is 3.94. The fourth-order valence-corrected chi connectivity index (χ4v) is 3.15. The average Bonchev–Trinajstić information content (AvgIpc) is 2.88. The van der Waals surface area contributed by atoms with Crippen LogP contribution in [0, 0.1) is 0 Å². The number of rotatable bonds is 5. The average molecular weight is 302 g/mol. The van der Waals surface area contributed by atoms with Crippen LogP contribution in [0.2, 0.25) is 5.02 Å². The van der Waals surface area contributed by atoms with E-state index in [0.717, 1.165) is 29.3 Å². The van der Waals surface area contributed by atoms with Gasteiger partial charge in [-0.25, -0.2) is 0 Å². The molecule has 110 valence electrons. The quantitative estimate of drug-likeness (QED) is 0.877. The Bertz CT molecular complexity index is 626. The third-order valence-corrected chi connectivity index (χ3v) is 4.17. The molecular formula is C18H20ClNO. The molecule has 2 aromatic rings. The predicted molar refractivity (Wildman–Crippen MR) is 87.0 cm³/mol. The molecule has 2 nitrogen and oxygen atoms in total. The first-order chi connectivity index (χ1) is 10.3. The molecule has 0 saturated heterocycles. The van der Waals surface area contributed by atoms with Gasteiger partial charge in [0.15, 0.2) is 0 Å². The Hall–Kier alpha value is -1.51. The van der Waals surface area contributed by atoms with Crippen molar-refractivity contribution >= 4 is 11.6 Å². The van der Waals surface area contributed by atoms with Gasteiger partial charge in [-0.1, -0.05) is 36.7 Å². The van der Waals surface area contributed by atoms with Gasteiger partial charge in [0, 0.05) is 11.1 Å². The van der Waals surface area contributed by atoms with E-state index in [2.05, 4.69) is 30.4 Å². The minimum Gasteiger partial charge on any atom is -0.489 e. The number of benzene rings is 2. The van der Waals surface area contributed by atoms with Crippen LogP contribution in [-0.2, 0) is 13.0 Å². The lowest BCUT2D eigenvalue weighted by atomic mass is 10.1. The molecule has 0 aromatic heterocycles. The number of ether oxygens (including phenoxy) is 1. The number of hydrogen-bond donors (Lipinski definition) is 1. The highest BCUT2D eigenvalue weighted by atomic mass is 35.5. The summed E-state index contributed by atoms with van der Waals surface area (Å²) in [4.78, 5) is 0. The molecule has 0 saturated carbocycles.